The molecule has 0 aromatic heterocycles. The molecule has 4 rings (SSSR count). The molecule has 0 aliphatic heterocycles. The van der Waals surface area contributed by atoms with Crippen LogP contribution in [0.2, 0.25) is 0 Å². The molecule has 4 aliphatic rings. The average molecular weight is 441 g/mol. The summed E-state index contributed by atoms with van der Waals surface area (Å²) >= 11 is 0. The predicted octanol–water partition coefficient (Wildman–Crippen LogP) is 3.89. The van der Waals surface area contributed by atoms with Crippen molar-refractivity contribution in [3.05, 3.63) is 0 Å². The van der Waals surface area contributed by atoms with Gasteiger partial charge in [0.1, 0.15) is 18.5 Å². The van der Waals surface area contributed by atoms with Crippen LogP contribution in [-0.2, 0) is 19.2 Å². The molecule has 0 spiro atoms. The Bertz CT molecular complexity index is 713. The molecule has 4 fully saturated rings. The molecule has 0 saturated heterocycles. The van der Waals surface area contributed by atoms with Crippen molar-refractivity contribution >= 4 is 29.9 Å². The molecule has 0 radical (unpaired) electrons. The van der Waals surface area contributed by atoms with E-state index in [1.807, 2.05) is 0 Å². The van der Waals surface area contributed by atoms with Crippen LogP contribution < -0.4 is 5.73 Å². The molecule has 0 bridgehead atoms. The molecule has 7 heteroatoms. The lowest BCUT2D eigenvalue weighted by atomic mass is 9.45. The first-order valence-corrected chi connectivity index (χ1v) is 11.4. The van der Waals surface area contributed by atoms with Gasteiger partial charge in [0, 0.05) is 31.2 Å². The van der Waals surface area contributed by atoms with Crippen LogP contribution in [0.15, 0.2) is 5.16 Å². The second-order valence-electron chi connectivity index (χ2n) is 10.2. The first-order valence-electron chi connectivity index (χ1n) is 11.4. The molecule has 6 nitrogen and oxygen atoms in total. The molecule has 0 amide bonds. The average Bonchev–Trinajstić information content (AvgIpc) is 2.98. The number of nitrogens with zero attached hydrogens (tertiary/aromatic N) is 1. The molecule has 0 aromatic carbocycles. The van der Waals surface area contributed by atoms with Crippen LogP contribution in [0.25, 0.3) is 0 Å². The normalized spacial score (nSPS) is 43.8. The predicted molar refractivity (Wildman–Crippen MR) is 117 cm³/mol. The van der Waals surface area contributed by atoms with Crippen molar-refractivity contribution in [2.45, 2.75) is 78.2 Å². The van der Waals surface area contributed by atoms with E-state index in [0.717, 1.165) is 57.1 Å². The maximum absolute atomic E-state index is 12.6. The Morgan fingerprint density at radius 2 is 1.87 bits per heavy atom. The smallest absolute Gasteiger partial charge is 0.303 e. The number of carbonyl (C=O) groups is 2. The van der Waals surface area contributed by atoms with Gasteiger partial charge in [-0.1, -0.05) is 19.0 Å². The van der Waals surface area contributed by atoms with Gasteiger partial charge in [-0.15, -0.1) is 12.4 Å². The Kier molecular flexibility index (Phi) is 6.88. The van der Waals surface area contributed by atoms with E-state index in [1.165, 1.54) is 6.92 Å². The molecule has 2 unspecified atom stereocenters. The van der Waals surface area contributed by atoms with Crippen molar-refractivity contribution in [1.82, 2.24) is 0 Å². The van der Waals surface area contributed by atoms with Crippen LogP contribution in [0.3, 0.4) is 0 Å². The number of halogens is 1. The van der Waals surface area contributed by atoms with Gasteiger partial charge in [0.05, 0.1) is 5.71 Å². The lowest BCUT2D eigenvalue weighted by Crippen LogP contribution is -2.58. The van der Waals surface area contributed by atoms with E-state index in [9.17, 15) is 9.59 Å². The third-order valence-corrected chi connectivity index (χ3v) is 8.95. The fourth-order valence-electron chi connectivity index (χ4n) is 7.50. The lowest BCUT2D eigenvalue weighted by Gasteiger charge is -2.60. The van der Waals surface area contributed by atoms with Gasteiger partial charge in [0.25, 0.3) is 0 Å². The quantitative estimate of drug-likeness (QED) is 0.406. The van der Waals surface area contributed by atoms with E-state index >= 15 is 0 Å². The number of ether oxygens (including phenoxy) is 1. The maximum Gasteiger partial charge on any atom is 0.303 e. The van der Waals surface area contributed by atoms with Crippen molar-refractivity contribution in [1.29, 1.82) is 0 Å². The van der Waals surface area contributed by atoms with Crippen molar-refractivity contribution in [2.75, 3.05) is 13.2 Å². The van der Waals surface area contributed by atoms with Gasteiger partial charge in [-0.05, 0) is 68.1 Å². The molecular formula is C23H37ClN2O4. The fraction of sp³-hybridized carbons (Fsp3) is 0.870. The first kappa shape index (κ1) is 23.5. The third kappa shape index (κ3) is 3.68. The van der Waals surface area contributed by atoms with Gasteiger partial charge in [0.2, 0.25) is 0 Å². The summed E-state index contributed by atoms with van der Waals surface area (Å²) in [7, 11) is 0. The number of ketones is 1. The number of hydrogen-bond acceptors (Lipinski definition) is 6. The largest absolute Gasteiger partial charge is 0.456 e. The summed E-state index contributed by atoms with van der Waals surface area (Å²) < 4.78 is 5.84. The standard InChI is InChI=1S/C23H36N2O4.ClH/c1-14(26)29-21-18-5-4-15-16-6-7-20(27)23(16,3)10-8-17(15)22(18,2)11-9-19(21)25-28-13-12-24;/h15-18,21H,4-13,24H2,1-3H3;1H/b25-19+;/t15-,16-,17+,18?,21?,22+,23-;/m0./s1. The number of esters is 1. The van der Waals surface area contributed by atoms with E-state index in [0.29, 0.717) is 36.7 Å². The Balaban J connectivity index is 0.00000256. The molecule has 4 aliphatic carbocycles. The van der Waals surface area contributed by atoms with E-state index in [1.54, 1.807) is 0 Å². The highest BCUT2D eigenvalue weighted by atomic mass is 35.5. The Morgan fingerprint density at radius 3 is 2.57 bits per heavy atom. The third-order valence-electron chi connectivity index (χ3n) is 8.95. The van der Waals surface area contributed by atoms with Crippen LogP contribution in [0, 0.1) is 34.5 Å². The SMILES string of the molecule is CC(=O)OC1/C(=N/OCCN)CC[C@@]2(C)C1CC[C@@H]1[C@H]2CC[C@]2(C)C(=O)CC[C@@H]12.Cl. The van der Waals surface area contributed by atoms with Crippen molar-refractivity contribution in [2.24, 2.45) is 45.4 Å². The van der Waals surface area contributed by atoms with E-state index in [-0.39, 0.29) is 41.2 Å². The Labute approximate surface area is 186 Å². The molecule has 2 N–H and O–H groups in total. The van der Waals surface area contributed by atoms with Crippen LogP contribution in [0.5, 0.6) is 0 Å². The summed E-state index contributed by atoms with van der Waals surface area (Å²) in [6.07, 6.45) is 7.61. The van der Waals surface area contributed by atoms with Gasteiger partial charge in [-0.25, -0.2) is 0 Å². The second kappa shape index (κ2) is 8.78. The number of hydrogen-bond donors (Lipinski definition) is 1. The topological polar surface area (TPSA) is 91.0 Å². The molecule has 30 heavy (non-hydrogen) atoms. The minimum Gasteiger partial charge on any atom is -0.456 e. The summed E-state index contributed by atoms with van der Waals surface area (Å²) in [5.74, 6) is 2.23. The number of nitrogens with two attached hydrogens (primary N) is 1. The summed E-state index contributed by atoms with van der Waals surface area (Å²) in [6.45, 7) is 6.89. The Morgan fingerprint density at radius 1 is 1.10 bits per heavy atom. The molecule has 0 aromatic rings. The number of carbonyl (C=O) groups excluding carboxylic acids is 2. The van der Waals surface area contributed by atoms with Crippen LogP contribution >= 0.6 is 12.4 Å². The van der Waals surface area contributed by atoms with Gasteiger partial charge in [0.15, 0.2) is 0 Å². The minimum atomic E-state index is -0.302. The zero-order valence-electron chi connectivity index (χ0n) is 18.5. The van der Waals surface area contributed by atoms with Gasteiger partial charge >= 0.3 is 5.97 Å². The van der Waals surface area contributed by atoms with E-state index in [2.05, 4.69) is 19.0 Å². The zero-order valence-corrected chi connectivity index (χ0v) is 19.3. The van der Waals surface area contributed by atoms with Gasteiger partial charge in [-0.3, -0.25) is 9.59 Å². The number of oxime groups is 1. The van der Waals surface area contributed by atoms with Gasteiger partial charge < -0.3 is 15.3 Å². The van der Waals surface area contributed by atoms with Crippen LogP contribution in [-0.4, -0.2) is 36.7 Å². The van der Waals surface area contributed by atoms with E-state index < -0.39 is 0 Å². The van der Waals surface area contributed by atoms with Crippen LogP contribution in [0.1, 0.15) is 72.1 Å². The Hall–Kier alpha value is -1.14. The van der Waals surface area contributed by atoms with E-state index in [4.69, 9.17) is 15.3 Å². The zero-order chi connectivity index (χ0) is 20.8. The highest BCUT2D eigenvalue weighted by molar-refractivity contribution is 5.91. The highest BCUT2D eigenvalue weighted by Gasteiger charge is 2.62. The molecular weight excluding hydrogens is 404 g/mol. The molecule has 7 atom stereocenters. The molecule has 0 heterocycles. The van der Waals surface area contributed by atoms with Crippen molar-refractivity contribution in [3.8, 4) is 0 Å². The monoisotopic (exact) mass is 440 g/mol. The number of Topliss-reactive ketones (excluding diaryl/α,β-unsaturated/α-hetero) is 1. The molecule has 170 valence electrons. The highest BCUT2D eigenvalue weighted by Crippen LogP contribution is 2.65. The van der Waals surface area contributed by atoms with Crippen molar-refractivity contribution in [3.63, 3.8) is 0 Å². The first-order chi connectivity index (χ1) is 13.8. The fourth-order valence-corrected chi connectivity index (χ4v) is 7.50. The number of rotatable bonds is 4. The van der Waals surface area contributed by atoms with Crippen LogP contribution in [0.4, 0.5) is 0 Å². The van der Waals surface area contributed by atoms with Gasteiger partial charge in [-0.2, -0.15) is 0 Å². The molecule has 4 saturated carbocycles. The minimum absolute atomic E-state index is 0. The summed E-state index contributed by atoms with van der Waals surface area (Å²) in [5, 5.41) is 4.32. The summed E-state index contributed by atoms with van der Waals surface area (Å²) in [4.78, 5) is 29.9. The second-order valence-corrected chi connectivity index (χ2v) is 10.2. The lowest BCUT2D eigenvalue weighted by molar-refractivity contribution is -0.161. The number of fused-ring (bicyclic) bond motifs is 5. The van der Waals surface area contributed by atoms with Crippen molar-refractivity contribution < 1.29 is 19.2 Å². The maximum atomic E-state index is 12.6. The summed E-state index contributed by atoms with van der Waals surface area (Å²) in [6, 6.07) is 0. The summed E-state index contributed by atoms with van der Waals surface area (Å²) in [5.41, 5.74) is 6.39.